The van der Waals surface area contributed by atoms with Gasteiger partial charge in [0.2, 0.25) is 0 Å². The first kappa shape index (κ1) is 23.3. The Hall–Kier alpha value is -2.47. The average molecular weight is 529 g/mol. The van der Waals surface area contributed by atoms with Crippen molar-refractivity contribution in [1.82, 2.24) is 14.9 Å². The largest absolute Gasteiger partial charge is 0.298 e. The fraction of sp³-hybridized carbons (Fsp3) is 0.115. The minimum absolute atomic E-state index is 0.0670. The second kappa shape index (κ2) is 9.29. The first-order valence-electron chi connectivity index (χ1n) is 10.4. The van der Waals surface area contributed by atoms with E-state index in [0.717, 1.165) is 21.8 Å². The summed E-state index contributed by atoms with van der Waals surface area (Å²) in [4.78, 5) is 24.4. The molecule has 2 aromatic carbocycles. The van der Waals surface area contributed by atoms with Gasteiger partial charge in [0, 0.05) is 56.2 Å². The third-order valence-corrected chi connectivity index (χ3v) is 6.71. The van der Waals surface area contributed by atoms with E-state index in [1.54, 1.807) is 24.3 Å². The van der Waals surface area contributed by atoms with Gasteiger partial charge < -0.3 is 0 Å². The van der Waals surface area contributed by atoms with Crippen LogP contribution in [0.15, 0.2) is 59.7 Å². The van der Waals surface area contributed by atoms with Gasteiger partial charge in [-0.25, -0.2) is 9.97 Å². The number of ketones is 1. The molecule has 0 unspecified atom stereocenters. The lowest BCUT2D eigenvalue weighted by atomic mass is 9.94. The van der Waals surface area contributed by atoms with Crippen LogP contribution in [0.5, 0.6) is 0 Å². The van der Waals surface area contributed by atoms with Crippen LogP contribution in [0.3, 0.4) is 0 Å². The monoisotopic (exact) mass is 527 g/mol. The van der Waals surface area contributed by atoms with E-state index in [9.17, 15) is 4.79 Å². The van der Waals surface area contributed by atoms with Crippen LogP contribution < -0.4 is 0 Å². The first-order valence-corrected chi connectivity index (χ1v) is 11.9. The van der Waals surface area contributed by atoms with Crippen molar-refractivity contribution < 1.29 is 4.79 Å². The van der Waals surface area contributed by atoms with Gasteiger partial charge in [0.25, 0.3) is 0 Å². The molecule has 0 amide bonds. The summed E-state index contributed by atoms with van der Waals surface area (Å²) < 4.78 is 0. The molecule has 1 aliphatic rings. The van der Waals surface area contributed by atoms with Crippen molar-refractivity contribution >= 4 is 86.1 Å². The highest BCUT2D eigenvalue weighted by Gasteiger charge is 2.25. The fourth-order valence-corrected chi connectivity index (χ4v) is 4.83. The van der Waals surface area contributed by atoms with Crippen molar-refractivity contribution in [3.05, 3.63) is 91.2 Å². The molecule has 0 saturated carbocycles. The molecule has 4 nitrogen and oxygen atoms in total. The number of pyridine rings is 2. The third kappa shape index (κ3) is 4.70. The number of piperidine rings is 1. The number of rotatable bonds is 2. The van der Waals surface area contributed by atoms with Gasteiger partial charge >= 0.3 is 0 Å². The zero-order valence-electron chi connectivity index (χ0n) is 17.9. The lowest BCUT2D eigenvalue weighted by molar-refractivity contribution is -0.113. The molecule has 0 atom stereocenters. The van der Waals surface area contributed by atoms with Gasteiger partial charge in [-0.15, -0.1) is 0 Å². The number of halogens is 4. The average Bonchev–Trinajstić information content (AvgIpc) is 2.78. The lowest BCUT2D eigenvalue weighted by Crippen LogP contribution is -2.34. The second-order valence-corrected chi connectivity index (χ2v) is 9.84. The van der Waals surface area contributed by atoms with Crippen molar-refractivity contribution in [2.75, 3.05) is 20.1 Å². The highest BCUT2D eigenvalue weighted by molar-refractivity contribution is 6.33. The molecular weight excluding hydrogens is 512 g/mol. The Balaban J connectivity index is 1.55. The van der Waals surface area contributed by atoms with E-state index in [1.165, 1.54) is 0 Å². The molecule has 34 heavy (non-hydrogen) atoms. The van der Waals surface area contributed by atoms with Crippen molar-refractivity contribution in [1.29, 1.82) is 0 Å². The van der Waals surface area contributed by atoms with Crippen molar-refractivity contribution in [2.45, 2.75) is 0 Å². The molecule has 2 aromatic heterocycles. The Morgan fingerprint density at radius 3 is 1.62 bits per heavy atom. The van der Waals surface area contributed by atoms with Crippen molar-refractivity contribution in [3.8, 4) is 0 Å². The summed E-state index contributed by atoms with van der Waals surface area (Å²) in [6.07, 6.45) is 3.59. The standard InChI is InChI=1S/C26H17Cl4N3O/c1-33-12-18(8-16-6-14-10-20(27)2-4-22(14)31-25(16)29)24(34)19(13-33)9-17-7-15-11-21(28)3-5-23(15)32-26(17)30/h2-11H,12-13H2,1H3/b18-8+,19-9+. The molecule has 0 spiro atoms. The van der Waals surface area contributed by atoms with Crippen LogP contribution in [-0.4, -0.2) is 40.8 Å². The second-order valence-electron chi connectivity index (χ2n) is 8.25. The van der Waals surface area contributed by atoms with Crippen molar-refractivity contribution in [3.63, 3.8) is 0 Å². The molecule has 0 aliphatic carbocycles. The molecule has 1 saturated heterocycles. The topological polar surface area (TPSA) is 46.1 Å². The molecule has 0 N–H and O–H groups in total. The van der Waals surface area contributed by atoms with E-state index >= 15 is 0 Å². The molecule has 5 rings (SSSR count). The number of hydrogen-bond acceptors (Lipinski definition) is 4. The quantitative estimate of drug-likeness (QED) is 0.201. The van der Waals surface area contributed by atoms with Crippen LogP contribution in [0.1, 0.15) is 11.1 Å². The molecule has 1 fully saturated rings. The van der Waals surface area contributed by atoms with E-state index in [-0.39, 0.29) is 5.78 Å². The lowest BCUT2D eigenvalue weighted by Gasteiger charge is -2.26. The summed E-state index contributed by atoms with van der Waals surface area (Å²) >= 11 is 25.1. The molecule has 0 bridgehead atoms. The van der Waals surface area contributed by atoms with Gasteiger partial charge in [-0.2, -0.15) is 0 Å². The third-order valence-electron chi connectivity index (χ3n) is 5.64. The Bertz CT molecular complexity index is 1430. The maximum Gasteiger partial charge on any atom is 0.187 e. The number of aromatic nitrogens is 2. The summed E-state index contributed by atoms with van der Waals surface area (Å²) in [5.74, 6) is -0.0670. The van der Waals surface area contributed by atoms with E-state index < -0.39 is 0 Å². The molecule has 1 aliphatic heterocycles. The van der Waals surface area contributed by atoms with Crippen LogP contribution in [0.2, 0.25) is 20.4 Å². The zero-order chi connectivity index (χ0) is 24.0. The molecule has 170 valence electrons. The summed E-state index contributed by atoms with van der Waals surface area (Å²) in [5, 5.41) is 3.57. The van der Waals surface area contributed by atoms with Crippen LogP contribution in [-0.2, 0) is 4.79 Å². The Morgan fingerprint density at radius 2 is 1.18 bits per heavy atom. The smallest absolute Gasteiger partial charge is 0.187 e. The normalized spacial score (nSPS) is 17.4. The summed E-state index contributed by atoms with van der Waals surface area (Å²) in [6.45, 7) is 0.971. The SMILES string of the molecule is CN1C/C(=C\c2cc3cc(Cl)ccc3nc2Cl)C(=O)/C(=C/c2cc3cc(Cl)ccc3nc2Cl)C1. The maximum absolute atomic E-state index is 13.4. The molecule has 3 heterocycles. The fourth-order valence-electron chi connectivity index (χ4n) is 4.07. The Morgan fingerprint density at radius 1 is 0.735 bits per heavy atom. The first-order chi connectivity index (χ1) is 16.3. The van der Waals surface area contributed by atoms with Gasteiger partial charge in [-0.1, -0.05) is 46.4 Å². The Kier molecular flexibility index (Phi) is 6.36. The number of likely N-dealkylation sites (N-methyl/N-ethyl adjacent to an activating group) is 1. The summed E-state index contributed by atoms with van der Waals surface area (Å²) in [5.41, 5.74) is 4.02. The van der Waals surface area contributed by atoms with Crippen LogP contribution in [0.4, 0.5) is 0 Å². The van der Waals surface area contributed by atoms with Crippen molar-refractivity contribution in [2.24, 2.45) is 0 Å². The molecule has 4 aromatic rings. The minimum atomic E-state index is -0.0670. The van der Waals surface area contributed by atoms with Crippen LogP contribution >= 0.6 is 46.4 Å². The van der Waals surface area contributed by atoms with Gasteiger partial charge in [-0.3, -0.25) is 9.69 Å². The number of carbonyl (C=O) groups is 1. The minimum Gasteiger partial charge on any atom is -0.298 e. The molecular formula is C26H17Cl4N3O. The zero-order valence-corrected chi connectivity index (χ0v) is 21.0. The van der Waals surface area contributed by atoms with E-state index in [1.807, 2.05) is 43.4 Å². The highest BCUT2D eigenvalue weighted by Crippen LogP contribution is 2.29. The van der Waals surface area contributed by atoms with Gasteiger partial charge in [0.15, 0.2) is 5.78 Å². The number of benzene rings is 2. The molecule has 0 radical (unpaired) electrons. The number of nitrogens with zero attached hydrogens (tertiary/aromatic N) is 3. The predicted octanol–water partition coefficient (Wildman–Crippen LogP) is 7.38. The predicted molar refractivity (Wildman–Crippen MR) is 142 cm³/mol. The molecule has 8 heteroatoms. The number of likely N-dealkylation sites (tertiary alicyclic amines) is 1. The van der Waals surface area contributed by atoms with E-state index in [0.29, 0.717) is 55.7 Å². The van der Waals surface area contributed by atoms with Gasteiger partial charge in [0.05, 0.1) is 11.0 Å². The summed E-state index contributed by atoms with van der Waals surface area (Å²) in [7, 11) is 1.95. The number of fused-ring (bicyclic) bond motifs is 2. The van der Waals surface area contributed by atoms with Gasteiger partial charge in [0.1, 0.15) is 10.3 Å². The van der Waals surface area contributed by atoms with Crippen LogP contribution in [0, 0.1) is 0 Å². The number of hydrogen-bond donors (Lipinski definition) is 0. The Labute approximate surface area is 216 Å². The van der Waals surface area contributed by atoms with Gasteiger partial charge in [-0.05, 0) is 67.7 Å². The summed E-state index contributed by atoms with van der Waals surface area (Å²) in [6, 6.07) is 14.6. The number of carbonyl (C=O) groups excluding carboxylic acids is 1. The van der Waals surface area contributed by atoms with E-state index in [2.05, 4.69) is 14.9 Å². The van der Waals surface area contributed by atoms with Crippen LogP contribution in [0.25, 0.3) is 34.0 Å². The number of Topliss-reactive ketones (excluding diaryl/α,β-unsaturated/α-hetero) is 1. The highest BCUT2D eigenvalue weighted by atomic mass is 35.5. The van der Waals surface area contributed by atoms with E-state index in [4.69, 9.17) is 46.4 Å². The maximum atomic E-state index is 13.4.